The van der Waals surface area contributed by atoms with E-state index in [1.165, 1.54) is 5.56 Å². The lowest BCUT2D eigenvalue weighted by Crippen LogP contribution is -2.60. The molecule has 1 aromatic carbocycles. The van der Waals surface area contributed by atoms with Crippen LogP contribution in [0.15, 0.2) is 48.7 Å². The number of ether oxygens (including phenoxy) is 2. The van der Waals surface area contributed by atoms with Crippen LogP contribution in [0.4, 0.5) is 0 Å². The van der Waals surface area contributed by atoms with Gasteiger partial charge in [-0.3, -0.25) is 9.69 Å². The zero-order chi connectivity index (χ0) is 19.3. The molecule has 7 heteroatoms. The van der Waals surface area contributed by atoms with Gasteiger partial charge < -0.3 is 20.1 Å². The highest BCUT2D eigenvalue weighted by Gasteiger charge is 2.38. The fraction of sp³-hybridized carbons (Fsp3) is 0.429. The Morgan fingerprint density at radius 1 is 1.18 bits per heavy atom. The smallest absolute Gasteiger partial charge is 0.276 e. The molecule has 2 aromatic rings. The highest BCUT2D eigenvalue weighted by Crippen LogP contribution is 2.30. The van der Waals surface area contributed by atoms with Crippen molar-refractivity contribution in [3.05, 3.63) is 59.9 Å². The molecule has 0 saturated carbocycles. The van der Waals surface area contributed by atoms with Gasteiger partial charge in [-0.15, -0.1) is 0 Å². The molecule has 0 spiro atoms. The number of rotatable bonds is 5. The van der Waals surface area contributed by atoms with Gasteiger partial charge in [0.05, 0.1) is 25.3 Å². The molecule has 0 unspecified atom stereocenters. The van der Waals surface area contributed by atoms with E-state index in [4.69, 9.17) is 15.2 Å². The van der Waals surface area contributed by atoms with Crippen molar-refractivity contribution in [3.8, 4) is 5.75 Å². The molecule has 2 saturated heterocycles. The maximum Gasteiger partial charge on any atom is 0.276 e. The summed E-state index contributed by atoms with van der Waals surface area (Å²) in [6.07, 6.45) is 1.62. The fourth-order valence-corrected chi connectivity index (χ4v) is 3.97. The Kier molecular flexibility index (Phi) is 5.85. The second-order valence-corrected chi connectivity index (χ2v) is 7.09. The number of pyridine rings is 1. The molecule has 2 atom stereocenters. The first kappa shape index (κ1) is 18.9. The number of carbonyl (C=O) groups excluding carboxylic acids is 1. The van der Waals surface area contributed by atoms with Crippen molar-refractivity contribution >= 4 is 5.91 Å². The number of nitrogens with zero attached hydrogens (tertiary/aromatic N) is 3. The molecule has 3 heterocycles. The lowest BCUT2D eigenvalue weighted by Gasteiger charge is -2.48. The van der Waals surface area contributed by atoms with Crippen LogP contribution >= 0.6 is 0 Å². The van der Waals surface area contributed by atoms with E-state index in [0.717, 1.165) is 6.54 Å². The monoisotopic (exact) mass is 382 g/mol. The molecule has 0 radical (unpaired) electrons. The number of carbonyl (C=O) groups is 1. The molecule has 148 valence electrons. The molecule has 4 rings (SSSR count). The van der Waals surface area contributed by atoms with Crippen LogP contribution in [0.2, 0.25) is 0 Å². The minimum Gasteiger partial charge on any atom is -0.490 e. The second kappa shape index (κ2) is 8.68. The van der Waals surface area contributed by atoms with E-state index >= 15 is 0 Å². The molecule has 28 heavy (non-hydrogen) atoms. The average molecular weight is 382 g/mol. The summed E-state index contributed by atoms with van der Waals surface area (Å²) in [5, 5.41) is 0. The van der Waals surface area contributed by atoms with Crippen molar-refractivity contribution in [2.75, 3.05) is 46.0 Å². The lowest BCUT2D eigenvalue weighted by molar-refractivity contribution is -0.0771. The predicted octanol–water partition coefficient (Wildman–Crippen LogP) is 1.32. The fourth-order valence-electron chi connectivity index (χ4n) is 3.97. The Balaban J connectivity index is 1.48. The van der Waals surface area contributed by atoms with Crippen LogP contribution in [0.5, 0.6) is 5.75 Å². The summed E-state index contributed by atoms with van der Waals surface area (Å²) < 4.78 is 11.5. The van der Waals surface area contributed by atoms with E-state index in [-0.39, 0.29) is 18.0 Å². The van der Waals surface area contributed by atoms with Gasteiger partial charge in [0.15, 0.2) is 11.4 Å². The van der Waals surface area contributed by atoms with Gasteiger partial charge in [0.25, 0.3) is 5.91 Å². The van der Waals surface area contributed by atoms with E-state index in [1.807, 2.05) is 11.0 Å². The molecule has 2 aliphatic rings. The van der Waals surface area contributed by atoms with E-state index in [9.17, 15) is 4.79 Å². The van der Waals surface area contributed by atoms with Gasteiger partial charge in [0, 0.05) is 32.4 Å². The van der Waals surface area contributed by atoms with Crippen LogP contribution in [0.3, 0.4) is 0 Å². The van der Waals surface area contributed by atoms with Crippen LogP contribution < -0.4 is 10.5 Å². The van der Waals surface area contributed by atoms with Crippen LogP contribution in [0.1, 0.15) is 22.1 Å². The van der Waals surface area contributed by atoms with Gasteiger partial charge in [0.2, 0.25) is 0 Å². The molecule has 1 amide bonds. The van der Waals surface area contributed by atoms with Crippen molar-refractivity contribution in [1.29, 1.82) is 0 Å². The van der Waals surface area contributed by atoms with E-state index < -0.39 is 0 Å². The molecule has 2 aliphatic heterocycles. The lowest BCUT2D eigenvalue weighted by atomic mass is 10.00. The molecule has 2 N–H and O–H groups in total. The highest BCUT2D eigenvalue weighted by molar-refractivity contribution is 5.95. The zero-order valence-electron chi connectivity index (χ0n) is 15.9. The number of benzene rings is 1. The van der Waals surface area contributed by atoms with Crippen molar-refractivity contribution in [2.45, 2.75) is 12.1 Å². The van der Waals surface area contributed by atoms with E-state index in [2.05, 4.69) is 34.1 Å². The first-order valence-electron chi connectivity index (χ1n) is 9.73. The molecule has 1 aromatic heterocycles. The zero-order valence-corrected chi connectivity index (χ0v) is 15.9. The summed E-state index contributed by atoms with van der Waals surface area (Å²) in [6, 6.07) is 14.4. The number of aromatic nitrogens is 1. The number of hydrogen-bond acceptors (Lipinski definition) is 6. The Morgan fingerprint density at radius 2 is 2.04 bits per heavy atom. The number of hydrogen-bond donors (Lipinski definition) is 1. The van der Waals surface area contributed by atoms with Gasteiger partial charge in [-0.1, -0.05) is 30.3 Å². The number of piperazine rings is 1. The third-order valence-corrected chi connectivity index (χ3v) is 5.33. The summed E-state index contributed by atoms with van der Waals surface area (Å²) in [6.45, 7) is 4.15. The van der Waals surface area contributed by atoms with Crippen LogP contribution in [-0.2, 0) is 4.74 Å². The number of amides is 1. The normalized spacial score (nSPS) is 22.5. The van der Waals surface area contributed by atoms with Crippen molar-refractivity contribution in [2.24, 2.45) is 5.73 Å². The van der Waals surface area contributed by atoms with Gasteiger partial charge in [-0.25, -0.2) is 4.98 Å². The largest absolute Gasteiger partial charge is 0.490 e. The molecular weight excluding hydrogens is 356 g/mol. The Morgan fingerprint density at radius 3 is 2.86 bits per heavy atom. The van der Waals surface area contributed by atoms with Crippen LogP contribution in [0, 0.1) is 0 Å². The highest BCUT2D eigenvalue weighted by atomic mass is 16.5. The summed E-state index contributed by atoms with van der Waals surface area (Å²) in [4.78, 5) is 21.7. The first-order valence-corrected chi connectivity index (χ1v) is 9.73. The van der Waals surface area contributed by atoms with Gasteiger partial charge in [-0.2, -0.15) is 0 Å². The van der Waals surface area contributed by atoms with Gasteiger partial charge in [0.1, 0.15) is 6.61 Å². The SMILES string of the molecule is NCCOc1cccnc1C(=O)N1CCN2[C@@H](COC[C@@H]2c2ccccc2)C1. The second-order valence-electron chi connectivity index (χ2n) is 7.09. The van der Waals surface area contributed by atoms with Crippen LogP contribution in [-0.4, -0.2) is 72.7 Å². The first-order chi connectivity index (χ1) is 13.8. The Labute approximate surface area is 165 Å². The number of morpholine rings is 1. The third-order valence-electron chi connectivity index (χ3n) is 5.33. The van der Waals surface area contributed by atoms with Gasteiger partial charge in [-0.05, 0) is 17.7 Å². The van der Waals surface area contributed by atoms with Crippen molar-refractivity contribution in [3.63, 3.8) is 0 Å². The molecule has 0 bridgehead atoms. The molecule has 0 aliphatic carbocycles. The minimum absolute atomic E-state index is 0.103. The Bertz CT molecular complexity index is 801. The van der Waals surface area contributed by atoms with E-state index in [0.29, 0.717) is 50.9 Å². The minimum atomic E-state index is -0.103. The Hall–Kier alpha value is -2.48. The average Bonchev–Trinajstić information content (AvgIpc) is 2.77. The van der Waals surface area contributed by atoms with Gasteiger partial charge >= 0.3 is 0 Å². The van der Waals surface area contributed by atoms with Crippen molar-refractivity contribution in [1.82, 2.24) is 14.8 Å². The predicted molar refractivity (Wildman–Crippen MR) is 105 cm³/mol. The van der Waals surface area contributed by atoms with E-state index in [1.54, 1.807) is 18.3 Å². The maximum absolute atomic E-state index is 13.1. The van der Waals surface area contributed by atoms with Crippen molar-refractivity contribution < 1.29 is 14.3 Å². The summed E-state index contributed by atoms with van der Waals surface area (Å²) in [5.41, 5.74) is 7.13. The summed E-state index contributed by atoms with van der Waals surface area (Å²) >= 11 is 0. The summed E-state index contributed by atoms with van der Waals surface area (Å²) in [7, 11) is 0. The standard InChI is InChI=1S/C21H26N4O3/c22-8-12-28-19-7-4-9-23-20(19)21(26)24-10-11-25-17(13-24)14-27-15-18(25)16-5-2-1-3-6-16/h1-7,9,17-18H,8,10-15,22H2/t17-,18-/m1/s1. The molecular formula is C21H26N4O3. The molecule has 7 nitrogen and oxygen atoms in total. The van der Waals surface area contributed by atoms with Crippen LogP contribution in [0.25, 0.3) is 0 Å². The maximum atomic E-state index is 13.1. The molecule has 2 fully saturated rings. The quantitative estimate of drug-likeness (QED) is 0.840. The topological polar surface area (TPSA) is 80.9 Å². The third kappa shape index (κ3) is 3.87. The number of fused-ring (bicyclic) bond motifs is 1. The summed E-state index contributed by atoms with van der Waals surface area (Å²) in [5.74, 6) is 0.386. The number of nitrogens with two attached hydrogens (primary N) is 1.